The summed E-state index contributed by atoms with van der Waals surface area (Å²) in [6.07, 6.45) is 1.98. The first-order valence-corrected chi connectivity index (χ1v) is 5.17. The molecule has 0 aliphatic rings. The summed E-state index contributed by atoms with van der Waals surface area (Å²) in [6.45, 7) is 6.48. The number of H-pyrrole nitrogens is 1. The highest BCUT2D eigenvalue weighted by Crippen LogP contribution is 2.20. The molecule has 0 unspecified atom stereocenters. The summed E-state index contributed by atoms with van der Waals surface area (Å²) in [5.41, 5.74) is 2.51. The van der Waals surface area contributed by atoms with Crippen LogP contribution >= 0.6 is 0 Å². The Bertz CT molecular complexity index is 413. The number of benzene rings is 1. The molecule has 2 aromatic rings. The van der Waals surface area contributed by atoms with Gasteiger partial charge in [-0.05, 0) is 37.4 Å². The molecule has 0 radical (unpaired) electrons. The van der Waals surface area contributed by atoms with Crippen LogP contribution < -0.4 is 4.90 Å². The predicted molar refractivity (Wildman–Crippen MR) is 61.9 cm³/mol. The summed E-state index contributed by atoms with van der Waals surface area (Å²) in [6, 6.07) is 8.66. The number of nitrogens with zero attached hydrogens (tertiary/aromatic N) is 1. The second-order valence-corrected chi connectivity index (χ2v) is 3.42. The van der Waals surface area contributed by atoms with Crippen LogP contribution in [0.15, 0.2) is 30.5 Å². The minimum absolute atomic E-state index is 1.06. The van der Waals surface area contributed by atoms with E-state index >= 15 is 0 Å². The van der Waals surface area contributed by atoms with Gasteiger partial charge in [0, 0.05) is 30.5 Å². The lowest BCUT2D eigenvalue weighted by Gasteiger charge is -2.20. The van der Waals surface area contributed by atoms with Gasteiger partial charge in [0.2, 0.25) is 0 Å². The third-order valence-corrected chi connectivity index (χ3v) is 2.67. The predicted octanol–water partition coefficient (Wildman–Crippen LogP) is 3.01. The second kappa shape index (κ2) is 3.74. The highest BCUT2D eigenvalue weighted by atomic mass is 15.1. The van der Waals surface area contributed by atoms with E-state index in [0.717, 1.165) is 13.1 Å². The van der Waals surface area contributed by atoms with E-state index in [-0.39, 0.29) is 0 Å². The first kappa shape index (κ1) is 9.13. The van der Waals surface area contributed by atoms with Gasteiger partial charge in [-0.15, -0.1) is 0 Å². The quantitative estimate of drug-likeness (QED) is 0.784. The zero-order valence-corrected chi connectivity index (χ0v) is 8.75. The highest BCUT2D eigenvalue weighted by molar-refractivity contribution is 5.83. The molecule has 0 aliphatic heterocycles. The van der Waals surface area contributed by atoms with Crippen LogP contribution in [-0.2, 0) is 0 Å². The summed E-state index contributed by atoms with van der Waals surface area (Å²) >= 11 is 0. The lowest BCUT2D eigenvalue weighted by atomic mass is 10.2. The fourth-order valence-electron chi connectivity index (χ4n) is 1.82. The molecule has 0 saturated heterocycles. The van der Waals surface area contributed by atoms with Gasteiger partial charge in [-0.3, -0.25) is 0 Å². The Kier molecular flexibility index (Phi) is 2.44. The maximum Gasteiger partial charge on any atom is 0.0474 e. The van der Waals surface area contributed by atoms with Crippen molar-refractivity contribution < 1.29 is 0 Å². The Morgan fingerprint density at radius 2 is 1.93 bits per heavy atom. The molecule has 1 N–H and O–H groups in total. The van der Waals surface area contributed by atoms with Gasteiger partial charge in [-0.1, -0.05) is 6.07 Å². The van der Waals surface area contributed by atoms with E-state index < -0.39 is 0 Å². The van der Waals surface area contributed by atoms with Crippen LogP contribution in [0.4, 0.5) is 5.69 Å². The van der Waals surface area contributed by atoms with Gasteiger partial charge < -0.3 is 9.88 Å². The molecule has 0 bridgehead atoms. The van der Waals surface area contributed by atoms with Crippen LogP contribution in [0, 0.1) is 0 Å². The number of hydrogen-bond donors (Lipinski definition) is 1. The molecule has 1 aromatic heterocycles. The van der Waals surface area contributed by atoms with Crippen molar-refractivity contribution in [3.05, 3.63) is 30.5 Å². The van der Waals surface area contributed by atoms with Crippen LogP contribution in [-0.4, -0.2) is 18.1 Å². The van der Waals surface area contributed by atoms with E-state index in [0.29, 0.717) is 0 Å². The summed E-state index contributed by atoms with van der Waals surface area (Å²) in [5.74, 6) is 0. The van der Waals surface area contributed by atoms with Crippen molar-refractivity contribution in [1.82, 2.24) is 4.98 Å². The molecule has 0 saturated carbocycles. The van der Waals surface area contributed by atoms with E-state index in [9.17, 15) is 0 Å². The molecule has 0 atom stereocenters. The summed E-state index contributed by atoms with van der Waals surface area (Å²) < 4.78 is 0. The molecule has 14 heavy (non-hydrogen) atoms. The van der Waals surface area contributed by atoms with Gasteiger partial charge in [0.1, 0.15) is 0 Å². The van der Waals surface area contributed by atoms with Crippen molar-refractivity contribution in [3.8, 4) is 0 Å². The Hall–Kier alpha value is -1.44. The maximum atomic E-state index is 3.24. The normalized spacial score (nSPS) is 10.7. The minimum atomic E-state index is 1.06. The Morgan fingerprint density at radius 1 is 1.14 bits per heavy atom. The van der Waals surface area contributed by atoms with Crippen molar-refractivity contribution in [3.63, 3.8) is 0 Å². The lowest BCUT2D eigenvalue weighted by Crippen LogP contribution is -2.21. The number of aromatic nitrogens is 1. The molecule has 2 nitrogen and oxygen atoms in total. The average molecular weight is 188 g/mol. The Balaban J connectivity index is 2.42. The second-order valence-electron chi connectivity index (χ2n) is 3.42. The summed E-state index contributed by atoms with van der Waals surface area (Å²) in [4.78, 5) is 5.58. The van der Waals surface area contributed by atoms with Crippen molar-refractivity contribution >= 4 is 16.6 Å². The number of aromatic amines is 1. The van der Waals surface area contributed by atoms with Crippen molar-refractivity contribution in [2.75, 3.05) is 18.0 Å². The molecule has 2 rings (SSSR count). The van der Waals surface area contributed by atoms with Crippen LogP contribution in [0.3, 0.4) is 0 Å². The van der Waals surface area contributed by atoms with Gasteiger partial charge >= 0.3 is 0 Å². The third-order valence-electron chi connectivity index (χ3n) is 2.67. The zero-order valence-electron chi connectivity index (χ0n) is 8.75. The molecule has 74 valence electrons. The molecule has 0 fully saturated rings. The monoisotopic (exact) mass is 188 g/mol. The topological polar surface area (TPSA) is 19.0 Å². The Labute approximate surface area is 84.5 Å². The van der Waals surface area contributed by atoms with E-state index in [1.807, 2.05) is 6.20 Å². The third kappa shape index (κ3) is 1.48. The fraction of sp³-hybridized carbons (Fsp3) is 0.333. The van der Waals surface area contributed by atoms with E-state index in [2.05, 4.69) is 48.0 Å². The van der Waals surface area contributed by atoms with Crippen LogP contribution in [0.25, 0.3) is 10.9 Å². The Morgan fingerprint density at radius 3 is 2.64 bits per heavy atom. The summed E-state index contributed by atoms with van der Waals surface area (Å²) in [5, 5.41) is 1.28. The number of rotatable bonds is 3. The maximum absolute atomic E-state index is 3.24. The average Bonchev–Trinajstić information content (AvgIpc) is 2.66. The van der Waals surface area contributed by atoms with Crippen LogP contribution in [0.2, 0.25) is 0 Å². The van der Waals surface area contributed by atoms with Crippen LogP contribution in [0.5, 0.6) is 0 Å². The molecular formula is C12H16N2. The van der Waals surface area contributed by atoms with E-state index in [1.54, 1.807) is 0 Å². The number of anilines is 1. The SMILES string of the molecule is CCN(CC)c1ccc2cc[nH]c2c1. The zero-order chi connectivity index (χ0) is 9.97. The van der Waals surface area contributed by atoms with Gasteiger partial charge in [0.25, 0.3) is 0 Å². The van der Waals surface area contributed by atoms with Crippen molar-refractivity contribution in [2.24, 2.45) is 0 Å². The molecular weight excluding hydrogens is 172 g/mol. The molecule has 0 spiro atoms. The first-order valence-electron chi connectivity index (χ1n) is 5.17. The van der Waals surface area contributed by atoms with E-state index in [1.165, 1.54) is 16.6 Å². The molecule has 1 heterocycles. The van der Waals surface area contributed by atoms with Gasteiger partial charge in [-0.25, -0.2) is 0 Å². The largest absolute Gasteiger partial charge is 0.372 e. The number of nitrogens with one attached hydrogen (secondary N) is 1. The smallest absolute Gasteiger partial charge is 0.0474 e. The van der Waals surface area contributed by atoms with E-state index in [4.69, 9.17) is 0 Å². The fourth-order valence-corrected chi connectivity index (χ4v) is 1.82. The highest BCUT2D eigenvalue weighted by Gasteiger charge is 2.02. The molecule has 0 amide bonds. The van der Waals surface area contributed by atoms with Crippen molar-refractivity contribution in [2.45, 2.75) is 13.8 Å². The number of hydrogen-bond acceptors (Lipinski definition) is 1. The van der Waals surface area contributed by atoms with Crippen LogP contribution in [0.1, 0.15) is 13.8 Å². The molecule has 0 aliphatic carbocycles. The molecule has 2 heteroatoms. The molecule has 1 aromatic carbocycles. The standard InChI is InChI=1S/C12H16N2/c1-3-14(4-2)11-6-5-10-7-8-13-12(10)9-11/h5-9,13H,3-4H2,1-2H3. The van der Waals surface area contributed by atoms with Gasteiger partial charge in [0.05, 0.1) is 0 Å². The van der Waals surface area contributed by atoms with Gasteiger partial charge in [-0.2, -0.15) is 0 Å². The lowest BCUT2D eigenvalue weighted by molar-refractivity contribution is 0.867. The van der Waals surface area contributed by atoms with Gasteiger partial charge in [0.15, 0.2) is 0 Å². The van der Waals surface area contributed by atoms with Crippen molar-refractivity contribution in [1.29, 1.82) is 0 Å². The first-order chi connectivity index (χ1) is 6.85. The minimum Gasteiger partial charge on any atom is -0.372 e. The summed E-state index contributed by atoms with van der Waals surface area (Å²) in [7, 11) is 0. The number of fused-ring (bicyclic) bond motifs is 1.